The van der Waals surface area contributed by atoms with Crippen LogP contribution < -0.4 is 4.74 Å². The van der Waals surface area contributed by atoms with E-state index in [1.54, 1.807) is 0 Å². The van der Waals surface area contributed by atoms with Gasteiger partial charge in [0.25, 0.3) is 0 Å². The fourth-order valence-corrected chi connectivity index (χ4v) is 7.12. The standard InChI is InChI=1S/C28H24.C15H14O.C14H14O.C8H10/c1-21-13-17-25(18-14-21)27(23-9-5-3-6-10-23)28(24-11-7-4-8-12-24)26-19-15-22(2)16-20-26;1-11-3-7-13(8-4-11)15(16)14-9-5-12(2)6-10-14;1-11-3-7-13(8-4-11)15-14-9-5-12(2)6-10-14;1-7-3-5-8(2)6-4-7/h3-20H,1-2H3;3-10H,1-2H3;3-10H,1-2H3;3-6H,1-2H3/b28-27+;;;. The number of benzene rings is 9. The molecule has 0 radical (unpaired) electrons. The third kappa shape index (κ3) is 15.1. The molecule has 2 nitrogen and oxygen atoms in total. The average Bonchev–Trinajstić information content (AvgIpc) is 3.35. The van der Waals surface area contributed by atoms with Crippen LogP contribution in [0.25, 0.3) is 11.1 Å². The lowest BCUT2D eigenvalue weighted by molar-refractivity contribution is 0.103. The average molecular weight is 875 g/mol. The van der Waals surface area contributed by atoms with Gasteiger partial charge in [-0.25, -0.2) is 0 Å². The molecule has 0 bridgehead atoms. The first-order valence-electron chi connectivity index (χ1n) is 22.9. The van der Waals surface area contributed by atoms with Gasteiger partial charge in [0, 0.05) is 11.1 Å². The van der Waals surface area contributed by atoms with Gasteiger partial charge in [-0.15, -0.1) is 0 Å². The van der Waals surface area contributed by atoms with Crippen molar-refractivity contribution in [3.8, 4) is 11.5 Å². The van der Waals surface area contributed by atoms with Crippen LogP contribution in [0.15, 0.2) is 231 Å². The smallest absolute Gasteiger partial charge is 0.193 e. The van der Waals surface area contributed by atoms with Crippen LogP contribution in [0.5, 0.6) is 11.5 Å². The molecule has 0 aromatic heterocycles. The van der Waals surface area contributed by atoms with E-state index in [0.29, 0.717) is 0 Å². The van der Waals surface area contributed by atoms with E-state index in [4.69, 9.17) is 4.74 Å². The van der Waals surface area contributed by atoms with Crippen molar-refractivity contribution in [1.29, 1.82) is 0 Å². The summed E-state index contributed by atoms with van der Waals surface area (Å²) >= 11 is 0. The van der Waals surface area contributed by atoms with Crippen molar-refractivity contribution in [2.24, 2.45) is 0 Å². The van der Waals surface area contributed by atoms with Gasteiger partial charge in [0.05, 0.1) is 0 Å². The summed E-state index contributed by atoms with van der Waals surface area (Å²) < 4.78 is 5.69. The zero-order valence-corrected chi connectivity index (χ0v) is 40.3. The van der Waals surface area contributed by atoms with E-state index in [1.165, 1.54) is 77.9 Å². The highest BCUT2D eigenvalue weighted by atomic mass is 16.5. The fraction of sp³-hybridized carbons (Fsp3) is 0.123. The number of carbonyl (C=O) groups excluding carboxylic acids is 1. The number of carbonyl (C=O) groups is 1. The molecule has 334 valence electrons. The molecule has 0 N–H and O–H groups in total. The van der Waals surface area contributed by atoms with Crippen molar-refractivity contribution in [2.75, 3.05) is 0 Å². The van der Waals surface area contributed by atoms with E-state index in [1.807, 2.05) is 111 Å². The maximum absolute atomic E-state index is 12.1. The Morgan fingerprint density at radius 1 is 0.239 bits per heavy atom. The molecule has 0 aliphatic rings. The molecule has 0 aliphatic carbocycles. The molecule has 0 amide bonds. The number of ether oxygens (including phenoxy) is 1. The Morgan fingerprint density at radius 2 is 0.433 bits per heavy atom. The van der Waals surface area contributed by atoms with Crippen molar-refractivity contribution in [2.45, 2.75) is 55.4 Å². The van der Waals surface area contributed by atoms with Gasteiger partial charge in [-0.2, -0.15) is 0 Å². The minimum atomic E-state index is 0.0833. The summed E-state index contributed by atoms with van der Waals surface area (Å²) in [4.78, 5) is 12.1. The van der Waals surface area contributed by atoms with Gasteiger partial charge in [0.15, 0.2) is 5.78 Å². The SMILES string of the molecule is Cc1ccc(/C(=C(\c2ccccc2)c2ccc(C)cc2)c2ccccc2)cc1.Cc1ccc(C(=O)c2ccc(C)cc2)cc1.Cc1ccc(C)cc1.Cc1ccc(Oc2ccc(C)cc2)cc1. The van der Waals surface area contributed by atoms with Crippen LogP contribution in [0.4, 0.5) is 0 Å². The molecular weight excluding hydrogens is 813 g/mol. The van der Waals surface area contributed by atoms with Gasteiger partial charge < -0.3 is 4.74 Å². The van der Waals surface area contributed by atoms with E-state index in [2.05, 4.69) is 175 Å². The first-order chi connectivity index (χ1) is 32.4. The van der Waals surface area contributed by atoms with Crippen molar-refractivity contribution in [3.05, 3.63) is 308 Å². The molecule has 0 fully saturated rings. The van der Waals surface area contributed by atoms with Crippen molar-refractivity contribution >= 4 is 16.9 Å². The van der Waals surface area contributed by atoms with E-state index >= 15 is 0 Å². The van der Waals surface area contributed by atoms with Gasteiger partial charge >= 0.3 is 0 Å². The number of hydrogen-bond donors (Lipinski definition) is 0. The first kappa shape index (κ1) is 48.6. The molecule has 9 rings (SSSR count). The summed E-state index contributed by atoms with van der Waals surface area (Å²) in [6.07, 6.45) is 0. The molecule has 0 heterocycles. The highest BCUT2D eigenvalue weighted by Crippen LogP contribution is 2.37. The minimum Gasteiger partial charge on any atom is -0.457 e. The zero-order valence-electron chi connectivity index (χ0n) is 40.3. The predicted octanol–water partition coefficient (Wildman–Crippen LogP) is 17.2. The van der Waals surface area contributed by atoms with Gasteiger partial charge in [-0.05, 0) is 113 Å². The minimum absolute atomic E-state index is 0.0833. The van der Waals surface area contributed by atoms with Gasteiger partial charge in [-0.1, -0.05) is 251 Å². The second-order valence-electron chi connectivity index (χ2n) is 17.2. The van der Waals surface area contributed by atoms with Crippen LogP contribution in [0.3, 0.4) is 0 Å². The Kier molecular flexibility index (Phi) is 17.8. The lowest BCUT2D eigenvalue weighted by Gasteiger charge is -2.18. The fourth-order valence-electron chi connectivity index (χ4n) is 7.12. The molecule has 0 unspecified atom stereocenters. The molecule has 0 saturated heterocycles. The molecule has 0 spiro atoms. The van der Waals surface area contributed by atoms with Crippen LogP contribution >= 0.6 is 0 Å². The Hall–Kier alpha value is -7.81. The van der Waals surface area contributed by atoms with E-state index < -0.39 is 0 Å². The topological polar surface area (TPSA) is 26.3 Å². The van der Waals surface area contributed by atoms with Gasteiger partial charge in [0.1, 0.15) is 11.5 Å². The largest absolute Gasteiger partial charge is 0.457 e. The lowest BCUT2D eigenvalue weighted by Crippen LogP contribution is -2.00. The molecule has 9 aromatic carbocycles. The normalized spacial score (nSPS) is 10.7. The van der Waals surface area contributed by atoms with Crippen LogP contribution in [0.2, 0.25) is 0 Å². The molecule has 9 aromatic rings. The Labute approximate surface area is 400 Å². The summed E-state index contributed by atoms with van der Waals surface area (Å²) in [5.74, 6) is 1.84. The molecule has 67 heavy (non-hydrogen) atoms. The number of hydrogen-bond acceptors (Lipinski definition) is 2. The van der Waals surface area contributed by atoms with E-state index in [0.717, 1.165) is 22.6 Å². The summed E-state index contributed by atoms with van der Waals surface area (Å²) in [5.41, 5.74) is 18.9. The quantitative estimate of drug-likeness (QED) is 0.112. The summed E-state index contributed by atoms with van der Waals surface area (Å²) in [7, 11) is 0. The van der Waals surface area contributed by atoms with Gasteiger partial charge in [0.2, 0.25) is 0 Å². The maximum Gasteiger partial charge on any atom is 0.193 e. The highest BCUT2D eigenvalue weighted by molar-refractivity contribution is 6.09. The third-order valence-electron chi connectivity index (χ3n) is 11.2. The van der Waals surface area contributed by atoms with E-state index in [9.17, 15) is 4.79 Å². The molecule has 2 heteroatoms. The summed E-state index contributed by atoms with van der Waals surface area (Å²) in [6, 6.07) is 79.0. The van der Waals surface area contributed by atoms with Crippen molar-refractivity contribution in [1.82, 2.24) is 0 Å². The zero-order chi connectivity index (χ0) is 47.5. The van der Waals surface area contributed by atoms with Crippen LogP contribution in [0, 0.1) is 55.4 Å². The monoisotopic (exact) mass is 874 g/mol. The molecular formula is C65H62O2. The Balaban J connectivity index is 0.000000162. The second kappa shape index (κ2) is 24.5. The lowest BCUT2D eigenvalue weighted by atomic mass is 9.85. The third-order valence-corrected chi connectivity index (χ3v) is 11.2. The van der Waals surface area contributed by atoms with Crippen molar-refractivity contribution < 1.29 is 9.53 Å². The number of ketones is 1. The van der Waals surface area contributed by atoms with Crippen LogP contribution in [-0.4, -0.2) is 5.78 Å². The Morgan fingerprint density at radius 3 is 0.687 bits per heavy atom. The first-order valence-corrected chi connectivity index (χ1v) is 22.9. The molecule has 0 atom stereocenters. The number of rotatable bonds is 8. The molecule has 0 saturated carbocycles. The number of aryl methyl sites for hydroxylation is 8. The predicted molar refractivity (Wildman–Crippen MR) is 284 cm³/mol. The molecule has 0 aliphatic heterocycles. The summed E-state index contributed by atoms with van der Waals surface area (Å²) in [6.45, 7) is 16.6. The highest BCUT2D eigenvalue weighted by Gasteiger charge is 2.16. The van der Waals surface area contributed by atoms with E-state index in [-0.39, 0.29) is 5.78 Å². The maximum atomic E-state index is 12.1. The summed E-state index contributed by atoms with van der Waals surface area (Å²) in [5, 5.41) is 0. The second-order valence-corrected chi connectivity index (χ2v) is 17.2. The Bertz CT molecular complexity index is 2710. The van der Waals surface area contributed by atoms with Gasteiger partial charge in [-0.3, -0.25) is 4.79 Å². The van der Waals surface area contributed by atoms with Crippen LogP contribution in [0.1, 0.15) is 82.7 Å². The van der Waals surface area contributed by atoms with Crippen LogP contribution in [-0.2, 0) is 0 Å². The van der Waals surface area contributed by atoms with Crippen molar-refractivity contribution in [3.63, 3.8) is 0 Å².